The first kappa shape index (κ1) is 28.8. The molecule has 1 aliphatic heterocycles. The number of H-pyrrole nitrogens is 1. The normalized spacial score (nSPS) is 26.6. The lowest BCUT2D eigenvalue weighted by atomic mass is 9.76. The average Bonchev–Trinajstić information content (AvgIpc) is 3.58. The Labute approximate surface area is 242 Å². The van der Waals surface area contributed by atoms with Crippen molar-refractivity contribution in [2.24, 2.45) is 5.92 Å². The van der Waals surface area contributed by atoms with Crippen LogP contribution in [0.2, 0.25) is 0 Å². The highest BCUT2D eigenvalue weighted by atomic mass is 19.3. The Morgan fingerprint density at radius 3 is 2.71 bits per heavy atom. The number of aliphatic hydroxyl groups is 2. The van der Waals surface area contributed by atoms with Crippen LogP contribution in [-0.2, 0) is 17.6 Å². The molecule has 1 aliphatic carbocycles. The molecule has 1 saturated carbocycles. The molecular weight excluding hydrogens is 546 g/mol. The van der Waals surface area contributed by atoms with Gasteiger partial charge in [-0.05, 0) is 63.6 Å². The summed E-state index contributed by atoms with van der Waals surface area (Å²) in [4.78, 5) is 22.8. The second kappa shape index (κ2) is 11.1. The largest absolute Gasteiger partial charge is 0.387 e. The molecule has 4 aromatic rings. The highest BCUT2D eigenvalue weighted by Gasteiger charge is 2.46. The molecule has 0 spiro atoms. The minimum absolute atomic E-state index is 0.227. The molecule has 2 fully saturated rings. The van der Waals surface area contributed by atoms with Crippen molar-refractivity contribution in [2.75, 3.05) is 12.3 Å². The van der Waals surface area contributed by atoms with E-state index in [9.17, 15) is 19.0 Å². The molecule has 3 aromatic heterocycles. The zero-order valence-electron chi connectivity index (χ0n) is 24.0. The number of alkyl halides is 2. The van der Waals surface area contributed by atoms with Gasteiger partial charge in [0.2, 0.25) is 5.92 Å². The number of nitrogens with zero attached hydrogens (tertiary/aromatic N) is 6. The summed E-state index contributed by atoms with van der Waals surface area (Å²) in [6.45, 7) is 5.67. The number of hydrogen-bond donors (Lipinski definition) is 4. The van der Waals surface area contributed by atoms with E-state index in [1.807, 2.05) is 0 Å². The third kappa shape index (κ3) is 5.70. The number of imidazole rings is 2. The number of aromatic amines is 1. The van der Waals surface area contributed by atoms with Crippen LogP contribution in [0, 0.1) is 5.92 Å². The predicted octanol–water partition coefficient (Wildman–Crippen LogP) is 3.22. The third-order valence-electron chi connectivity index (χ3n) is 8.63. The number of nitrogen functional groups attached to an aromatic ring is 1. The van der Waals surface area contributed by atoms with Crippen LogP contribution in [0.3, 0.4) is 0 Å². The maximum atomic E-state index is 13.4. The number of halogens is 2. The first-order valence-electron chi connectivity index (χ1n) is 14.5. The fourth-order valence-corrected chi connectivity index (χ4v) is 6.40. The minimum Gasteiger partial charge on any atom is -0.387 e. The van der Waals surface area contributed by atoms with E-state index in [0.29, 0.717) is 35.2 Å². The van der Waals surface area contributed by atoms with E-state index in [1.54, 1.807) is 22.8 Å². The van der Waals surface area contributed by atoms with Crippen molar-refractivity contribution >= 4 is 28.0 Å². The van der Waals surface area contributed by atoms with Crippen LogP contribution in [0.15, 0.2) is 30.9 Å². The summed E-state index contributed by atoms with van der Waals surface area (Å²) in [6.07, 6.45) is 2.70. The van der Waals surface area contributed by atoms with Crippen LogP contribution in [-0.4, -0.2) is 87.5 Å². The van der Waals surface area contributed by atoms with Crippen molar-refractivity contribution in [1.82, 2.24) is 34.4 Å². The van der Waals surface area contributed by atoms with E-state index in [4.69, 9.17) is 10.5 Å². The maximum absolute atomic E-state index is 13.4. The Hall–Kier alpha value is -3.26. The number of fused-ring (bicyclic) bond motifs is 2. The Bertz CT molecular complexity index is 1550. The first-order chi connectivity index (χ1) is 20.0. The molecule has 0 bridgehead atoms. The summed E-state index contributed by atoms with van der Waals surface area (Å²) in [5.41, 5.74) is 8.94. The van der Waals surface area contributed by atoms with Gasteiger partial charge in [0.15, 0.2) is 17.7 Å². The maximum Gasteiger partial charge on any atom is 0.249 e. The molecule has 1 saturated heterocycles. The average molecular weight is 585 g/mol. The number of rotatable bonds is 10. The standard InChI is InChI=1S/C29H38F2N8O3/c1-15(2)38(12-21-24(40)25(41)28(42-21)39-14-35-23-26(32)33-13-34-27(23)39)18-8-16(9-18)5-7-22-36-19-6-4-17(10-20(19)37-22)11-29(3,30)31/h4,6,10,13-16,18,21,24-25,28,40-41H,5,7-9,11-12H2,1-3H3,(H,36,37)(H2,32,33,34)/t16?,18?,21-,24-,25-,28-/m1/s1. The molecule has 226 valence electrons. The summed E-state index contributed by atoms with van der Waals surface area (Å²) in [5.74, 6) is -1.10. The third-order valence-corrected chi connectivity index (χ3v) is 8.63. The van der Waals surface area contributed by atoms with Gasteiger partial charge < -0.3 is 25.7 Å². The van der Waals surface area contributed by atoms with Crippen molar-refractivity contribution in [1.29, 1.82) is 0 Å². The number of aliphatic hydroxyl groups excluding tert-OH is 2. The first-order valence-corrected chi connectivity index (χ1v) is 14.5. The Morgan fingerprint density at radius 2 is 1.98 bits per heavy atom. The predicted molar refractivity (Wildman–Crippen MR) is 153 cm³/mol. The molecule has 0 unspecified atom stereocenters. The SMILES string of the molecule is CC(C)N(C[C@H]1O[C@@H](n2cnc3c(N)ncnc32)[C@H](O)[C@@H]1O)C1CC(CCc2nc3ccc(CC(C)(F)F)cc3[nH]2)C1. The lowest BCUT2D eigenvalue weighted by molar-refractivity contribution is -0.0620. The fraction of sp³-hybridized carbons (Fsp3) is 0.586. The molecule has 6 rings (SSSR count). The van der Waals surface area contributed by atoms with Crippen LogP contribution >= 0.6 is 0 Å². The van der Waals surface area contributed by atoms with E-state index >= 15 is 0 Å². The van der Waals surface area contributed by atoms with E-state index in [2.05, 4.69) is 43.7 Å². The summed E-state index contributed by atoms with van der Waals surface area (Å²) < 4.78 is 34.6. The van der Waals surface area contributed by atoms with Gasteiger partial charge in [0, 0.05) is 31.5 Å². The van der Waals surface area contributed by atoms with Crippen molar-refractivity contribution < 1.29 is 23.7 Å². The number of hydrogen-bond acceptors (Lipinski definition) is 9. The van der Waals surface area contributed by atoms with Gasteiger partial charge in [0.25, 0.3) is 0 Å². The molecule has 11 nitrogen and oxygen atoms in total. The number of anilines is 1. The second-order valence-corrected chi connectivity index (χ2v) is 12.2. The van der Waals surface area contributed by atoms with Gasteiger partial charge in [-0.15, -0.1) is 0 Å². The van der Waals surface area contributed by atoms with E-state index in [-0.39, 0.29) is 18.3 Å². The molecule has 0 amide bonds. The van der Waals surface area contributed by atoms with Gasteiger partial charge in [-0.3, -0.25) is 9.47 Å². The molecule has 0 radical (unpaired) electrons. The van der Waals surface area contributed by atoms with Crippen molar-refractivity contribution in [3.05, 3.63) is 42.2 Å². The van der Waals surface area contributed by atoms with Gasteiger partial charge in [-0.2, -0.15) is 0 Å². The van der Waals surface area contributed by atoms with Crippen LogP contribution in [0.4, 0.5) is 14.6 Å². The summed E-state index contributed by atoms with van der Waals surface area (Å²) >= 11 is 0. The number of ether oxygens (including phenoxy) is 1. The van der Waals surface area contributed by atoms with Gasteiger partial charge in [-0.25, -0.2) is 28.7 Å². The quantitative estimate of drug-likeness (QED) is 0.220. The summed E-state index contributed by atoms with van der Waals surface area (Å²) in [5, 5.41) is 21.8. The number of nitrogens with one attached hydrogen (secondary N) is 1. The Balaban J connectivity index is 1.04. The monoisotopic (exact) mass is 584 g/mol. The number of benzene rings is 1. The smallest absolute Gasteiger partial charge is 0.249 e. The Kier molecular flexibility index (Phi) is 7.62. The zero-order valence-corrected chi connectivity index (χ0v) is 24.0. The number of aryl methyl sites for hydroxylation is 1. The topological polar surface area (TPSA) is 151 Å². The van der Waals surface area contributed by atoms with Gasteiger partial charge in [0.05, 0.1) is 17.4 Å². The van der Waals surface area contributed by atoms with E-state index < -0.39 is 30.5 Å². The zero-order chi connectivity index (χ0) is 29.8. The van der Waals surface area contributed by atoms with Crippen molar-refractivity contribution in [3.8, 4) is 0 Å². The van der Waals surface area contributed by atoms with Crippen LogP contribution < -0.4 is 5.73 Å². The van der Waals surface area contributed by atoms with Gasteiger partial charge >= 0.3 is 0 Å². The van der Waals surface area contributed by atoms with Crippen molar-refractivity contribution in [3.63, 3.8) is 0 Å². The van der Waals surface area contributed by atoms with Crippen LogP contribution in [0.5, 0.6) is 0 Å². The molecule has 5 N–H and O–H groups in total. The van der Waals surface area contributed by atoms with Gasteiger partial charge in [-0.1, -0.05) is 6.07 Å². The lowest BCUT2D eigenvalue weighted by Crippen LogP contribution is -2.52. The highest BCUT2D eigenvalue weighted by molar-refractivity contribution is 5.81. The van der Waals surface area contributed by atoms with Crippen LogP contribution in [0.25, 0.3) is 22.2 Å². The molecule has 2 aliphatic rings. The van der Waals surface area contributed by atoms with E-state index in [0.717, 1.165) is 49.5 Å². The fourth-order valence-electron chi connectivity index (χ4n) is 6.40. The molecule has 4 atom stereocenters. The molecular formula is C29H38F2N8O3. The summed E-state index contributed by atoms with van der Waals surface area (Å²) in [6, 6.07) is 5.86. The van der Waals surface area contributed by atoms with Crippen molar-refractivity contribution in [2.45, 2.75) is 95.4 Å². The molecule has 1 aromatic carbocycles. The Morgan fingerprint density at radius 1 is 1.19 bits per heavy atom. The molecule has 13 heteroatoms. The number of nitrogens with two attached hydrogens (primary N) is 1. The van der Waals surface area contributed by atoms with E-state index in [1.165, 1.54) is 12.7 Å². The molecule has 4 heterocycles. The lowest BCUT2D eigenvalue weighted by Gasteiger charge is -2.46. The summed E-state index contributed by atoms with van der Waals surface area (Å²) in [7, 11) is 0. The second-order valence-electron chi connectivity index (χ2n) is 12.2. The molecule has 42 heavy (non-hydrogen) atoms. The minimum atomic E-state index is -2.75. The van der Waals surface area contributed by atoms with Crippen LogP contribution in [0.1, 0.15) is 57.6 Å². The number of aromatic nitrogens is 6. The highest BCUT2D eigenvalue weighted by Crippen LogP contribution is 2.38. The van der Waals surface area contributed by atoms with Gasteiger partial charge in [0.1, 0.15) is 36.0 Å².